The maximum absolute atomic E-state index is 13.3. The van der Waals surface area contributed by atoms with Gasteiger partial charge in [0, 0.05) is 11.3 Å². The first-order valence-electron chi connectivity index (χ1n) is 7.70. The van der Waals surface area contributed by atoms with Crippen molar-refractivity contribution >= 4 is 17.6 Å². The highest BCUT2D eigenvalue weighted by atomic mass is 32.2. The fraction of sp³-hybridized carbons (Fsp3) is 0.0500. The van der Waals surface area contributed by atoms with Crippen molar-refractivity contribution in [2.45, 2.75) is 10.8 Å². The van der Waals surface area contributed by atoms with Gasteiger partial charge in [0.2, 0.25) is 0 Å². The summed E-state index contributed by atoms with van der Waals surface area (Å²) >= 11 is 1.37. The largest absolute Gasteiger partial charge is 0.383 e. The summed E-state index contributed by atoms with van der Waals surface area (Å²) in [6.07, 6.45) is 0. The molecule has 0 bridgehead atoms. The molecular weight excluding hydrogens is 347 g/mol. The van der Waals surface area contributed by atoms with Crippen LogP contribution in [0.3, 0.4) is 0 Å². The van der Waals surface area contributed by atoms with Gasteiger partial charge in [-0.15, -0.1) is 11.8 Å². The van der Waals surface area contributed by atoms with Gasteiger partial charge < -0.3 is 5.73 Å². The van der Waals surface area contributed by atoms with Gasteiger partial charge in [0.25, 0.3) is 0 Å². The van der Waals surface area contributed by atoms with Crippen molar-refractivity contribution in [1.82, 2.24) is 4.98 Å². The number of pyridine rings is 1. The van der Waals surface area contributed by atoms with E-state index in [0.29, 0.717) is 21.9 Å². The van der Waals surface area contributed by atoms with E-state index in [4.69, 9.17) is 5.73 Å². The summed E-state index contributed by atoms with van der Waals surface area (Å²) in [6, 6.07) is 19.5. The Morgan fingerprint density at radius 1 is 0.962 bits per heavy atom. The van der Waals surface area contributed by atoms with Crippen molar-refractivity contribution < 1.29 is 4.39 Å². The molecule has 2 N–H and O–H groups in total. The first-order valence-corrected chi connectivity index (χ1v) is 8.69. The van der Waals surface area contributed by atoms with E-state index >= 15 is 0 Å². The number of rotatable bonds is 4. The minimum atomic E-state index is -0.397. The molecule has 0 spiro atoms. The van der Waals surface area contributed by atoms with E-state index in [1.807, 2.05) is 36.4 Å². The Kier molecular flexibility index (Phi) is 5.17. The SMILES string of the molecule is N#Cc1c(N)nc(SCc2ccccc2)c(C#N)c1-c1ccc(F)cc1. The smallest absolute Gasteiger partial charge is 0.143 e. The molecule has 0 atom stereocenters. The maximum atomic E-state index is 13.3. The molecular formula is C20H13FN4S. The molecule has 0 aliphatic carbocycles. The van der Waals surface area contributed by atoms with E-state index in [1.165, 1.54) is 36.0 Å². The second-order valence-corrected chi connectivity index (χ2v) is 6.40. The van der Waals surface area contributed by atoms with Crippen LogP contribution >= 0.6 is 11.8 Å². The average Bonchev–Trinajstić information content (AvgIpc) is 2.67. The molecule has 1 aromatic heterocycles. The second kappa shape index (κ2) is 7.69. The molecule has 0 radical (unpaired) electrons. The summed E-state index contributed by atoms with van der Waals surface area (Å²) in [4.78, 5) is 4.26. The first kappa shape index (κ1) is 17.5. The summed E-state index contributed by atoms with van der Waals surface area (Å²) in [5.41, 5.74) is 8.37. The Bertz CT molecular complexity index is 1020. The Balaban J connectivity index is 2.10. The third-order valence-corrected chi connectivity index (χ3v) is 4.81. The molecule has 6 heteroatoms. The lowest BCUT2D eigenvalue weighted by Crippen LogP contribution is -2.03. The fourth-order valence-corrected chi connectivity index (χ4v) is 3.48. The van der Waals surface area contributed by atoms with E-state index < -0.39 is 5.82 Å². The highest BCUT2D eigenvalue weighted by Gasteiger charge is 2.20. The molecule has 126 valence electrons. The number of hydrogen-bond acceptors (Lipinski definition) is 5. The number of nitrogen functional groups attached to an aromatic ring is 1. The quantitative estimate of drug-likeness (QED) is 0.692. The molecule has 0 unspecified atom stereocenters. The van der Waals surface area contributed by atoms with Gasteiger partial charge in [-0.25, -0.2) is 9.37 Å². The van der Waals surface area contributed by atoms with Crippen LogP contribution in [0.2, 0.25) is 0 Å². The van der Waals surface area contributed by atoms with Crippen LogP contribution in [0.4, 0.5) is 10.2 Å². The van der Waals surface area contributed by atoms with Gasteiger partial charge in [-0.3, -0.25) is 0 Å². The zero-order valence-corrected chi connectivity index (χ0v) is 14.4. The van der Waals surface area contributed by atoms with Gasteiger partial charge in [-0.1, -0.05) is 42.5 Å². The van der Waals surface area contributed by atoms with Crippen molar-refractivity contribution in [1.29, 1.82) is 10.5 Å². The zero-order valence-electron chi connectivity index (χ0n) is 13.6. The third-order valence-electron chi connectivity index (χ3n) is 3.77. The molecule has 26 heavy (non-hydrogen) atoms. The maximum Gasteiger partial charge on any atom is 0.143 e. The molecule has 0 aliphatic heterocycles. The van der Waals surface area contributed by atoms with Crippen molar-refractivity contribution in [2.24, 2.45) is 0 Å². The Hall–Kier alpha value is -3.35. The van der Waals surface area contributed by atoms with Crippen LogP contribution in [-0.2, 0) is 5.75 Å². The van der Waals surface area contributed by atoms with E-state index in [2.05, 4.69) is 11.1 Å². The molecule has 0 saturated heterocycles. The predicted octanol–water partition coefficient (Wildman–Crippen LogP) is 4.51. The van der Waals surface area contributed by atoms with Gasteiger partial charge >= 0.3 is 0 Å². The number of nitrogens with two attached hydrogens (primary N) is 1. The standard InChI is InChI=1S/C20H13FN4S/c21-15-8-6-14(7-9-15)18-16(10-22)19(24)25-20(17(18)11-23)26-12-13-4-2-1-3-5-13/h1-9H,12H2,(H2,24,25). The van der Waals surface area contributed by atoms with Gasteiger partial charge in [-0.2, -0.15) is 10.5 Å². The monoisotopic (exact) mass is 360 g/mol. The lowest BCUT2D eigenvalue weighted by atomic mass is 9.97. The number of anilines is 1. The van der Waals surface area contributed by atoms with E-state index in [-0.39, 0.29) is 16.9 Å². The van der Waals surface area contributed by atoms with Gasteiger partial charge in [0.15, 0.2) is 0 Å². The highest BCUT2D eigenvalue weighted by Crippen LogP contribution is 2.36. The van der Waals surface area contributed by atoms with Crippen LogP contribution in [-0.4, -0.2) is 4.98 Å². The lowest BCUT2D eigenvalue weighted by Gasteiger charge is -2.13. The Labute approximate surface area is 154 Å². The highest BCUT2D eigenvalue weighted by molar-refractivity contribution is 7.98. The van der Waals surface area contributed by atoms with Crippen molar-refractivity contribution in [3.63, 3.8) is 0 Å². The van der Waals surface area contributed by atoms with Crippen LogP contribution in [0, 0.1) is 28.5 Å². The number of nitriles is 2. The van der Waals surface area contributed by atoms with Crippen LogP contribution in [0.15, 0.2) is 59.6 Å². The molecule has 2 aromatic carbocycles. The minimum Gasteiger partial charge on any atom is -0.383 e. The number of thioether (sulfide) groups is 1. The molecule has 0 saturated carbocycles. The fourth-order valence-electron chi connectivity index (χ4n) is 2.53. The first-order chi connectivity index (χ1) is 12.6. The average molecular weight is 360 g/mol. The molecule has 0 aliphatic rings. The zero-order chi connectivity index (χ0) is 18.5. The Morgan fingerprint density at radius 3 is 2.23 bits per heavy atom. The number of nitrogens with zero attached hydrogens (tertiary/aromatic N) is 3. The lowest BCUT2D eigenvalue weighted by molar-refractivity contribution is 0.628. The number of aromatic nitrogens is 1. The van der Waals surface area contributed by atoms with Crippen molar-refractivity contribution in [2.75, 3.05) is 5.73 Å². The van der Waals surface area contributed by atoms with Gasteiger partial charge in [-0.05, 0) is 23.3 Å². The summed E-state index contributed by atoms with van der Waals surface area (Å²) in [5.74, 6) is 0.268. The summed E-state index contributed by atoms with van der Waals surface area (Å²) in [5, 5.41) is 19.6. The summed E-state index contributed by atoms with van der Waals surface area (Å²) in [7, 11) is 0. The van der Waals surface area contributed by atoms with Crippen LogP contribution in [0.1, 0.15) is 16.7 Å². The number of benzene rings is 2. The molecule has 0 fully saturated rings. The van der Waals surface area contributed by atoms with Crippen LogP contribution in [0.25, 0.3) is 11.1 Å². The minimum absolute atomic E-state index is 0.0568. The van der Waals surface area contributed by atoms with E-state index in [1.54, 1.807) is 0 Å². The summed E-state index contributed by atoms with van der Waals surface area (Å²) in [6.45, 7) is 0. The predicted molar refractivity (Wildman–Crippen MR) is 99.5 cm³/mol. The number of halogens is 1. The number of hydrogen-bond donors (Lipinski definition) is 1. The topological polar surface area (TPSA) is 86.5 Å². The van der Waals surface area contributed by atoms with Crippen molar-refractivity contribution in [3.05, 3.63) is 77.1 Å². The normalized spacial score (nSPS) is 10.1. The Morgan fingerprint density at radius 2 is 1.62 bits per heavy atom. The molecule has 1 heterocycles. The third kappa shape index (κ3) is 3.51. The molecule has 3 aromatic rings. The molecule has 4 nitrogen and oxygen atoms in total. The van der Waals surface area contributed by atoms with Gasteiger partial charge in [0.05, 0.1) is 5.56 Å². The second-order valence-electron chi connectivity index (χ2n) is 5.43. The van der Waals surface area contributed by atoms with Gasteiger partial charge in [0.1, 0.15) is 34.4 Å². The van der Waals surface area contributed by atoms with Crippen LogP contribution in [0.5, 0.6) is 0 Å². The van der Waals surface area contributed by atoms with E-state index in [0.717, 1.165) is 5.56 Å². The molecule has 0 amide bonds. The van der Waals surface area contributed by atoms with Crippen LogP contribution < -0.4 is 5.73 Å². The van der Waals surface area contributed by atoms with Crippen molar-refractivity contribution in [3.8, 4) is 23.3 Å². The molecule has 3 rings (SSSR count). The van der Waals surface area contributed by atoms with E-state index in [9.17, 15) is 14.9 Å². The summed E-state index contributed by atoms with van der Waals surface area (Å²) < 4.78 is 13.3.